The number of aliphatic hydroxyl groups is 3. The van der Waals surface area contributed by atoms with Crippen molar-refractivity contribution in [2.45, 2.75) is 110 Å². The van der Waals surface area contributed by atoms with E-state index in [1.165, 1.54) is 32.1 Å². The van der Waals surface area contributed by atoms with Gasteiger partial charge in [0.2, 0.25) is 0 Å². The van der Waals surface area contributed by atoms with E-state index in [1.807, 2.05) is 0 Å². The number of allylic oxidation sites excluding steroid dienone is 1. The van der Waals surface area contributed by atoms with Crippen molar-refractivity contribution in [1.82, 2.24) is 0 Å². The number of fused-ring (bicyclic) bond motifs is 5. The van der Waals surface area contributed by atoms with Gasteiger partial charge < -0.3 is 15.3 Å². The van der Waals surface area contributed by atoms with Gasteiger partial charge in [-0.2, -0.15) is 0 Å². The summed E-state index contributed by atoms with van der Waals surface area (Å²) in [7, 11) is 0. The molecule has 3 fully saturated rings. The third-order valence-corrected chi connectivity index (χ3v) is 10.5. The Kier molecular flexibility index (Phi) is 6.23. The van der Waals surface area contributed by atoms with Crippen LogP contribution in [0, 0.1) is 40.4 Å². The van der Waals surface area contributed by atoms with Crippen LogP contribution in [0.1, 0.15) is 98.3 Å². The molecule has 4 aliphatic carbocycles. The van der Waals surface area contributed by atoms with Crippen LogP contribution in [0.5, 0.6) is 0 Å². The smallest absolute Gasteiger partial charge is 0.0653 e. The molecule has 0 heterocycles. The molecule has 0 spiro atoms. The van der Waals surface area contributed by atoms with Gasteiger partial charge in [0, 0.05) is 6.61 Å². The summed E-state index contributed by atoms with van der Waals surface area (Å²) in [6.45, 7) is 9.44. The molecule has 0 aromatic heterocycles. The van der Waals surface area contributed by atoms with Gasteiger partial charge in [0.05, 0.1) is 11.7 Å². The lowest BCUT2D eigenvalue weighted by Crippen LogP contribution is -2.53. The maximum atomic E-state index is 11.6. The topological polar surface area (TPSA) is 60.7 Å². The van der Waals surface area contributed by atoms with Gasteiger partial charge in [-0.1, -0.05) is 38.8 Å². The van der Waals surface area contributed by atoms with Crippen molar-refractivity contribution in [1.29, 1.82) is 0 Å². The molecule has 9 atom stereocenters. The molecule has 0 radical (unpaired) electrons. The predicted molar refractivity (Wildman–Crippen MR) is 122 cm³/mol. The monoisotopic (exact) mass is 418 g/mol. The zero-order chi connectivity index (χ0) is 21.7. The van der Waals surface area contributed by atoms with Crippen LogP contribution >= 0.6 is 0 Å². The van der Waals surface area contributed by atoms with Crippen LogP contribution in [0.4, 0.5) is 0 Å². The summed E-state index contributed by atoms with van der Waals surface area (Å²) in [5, 5.41) is 31.1. The summed E-state index contributed by atoms with van der Waals surface area (Å²) in [5.41, 5.74) is 1.50. The van der Waals surface area contributed by atoms with Crippen LogP contribution in [0.15, 0.2) is 11.6 Å². The molecule has 4 rings (SSSR count). The minimum Gasteiger partial charge on any atom is -0.396 e. The highest BCUT2D eigenvalue weighted by molar-refractivity contribution is 5.25. The quantitative estimate of drug-likeness (QED) is 0.501. The lowest BCUT2D eigenvalue weighted by atomic mass is 9.46. The van der Waals surface area contributed by atoms with Gasteiger partial charge in [-0.15, -0.1) is 0 Å². The summed E-state index contributed by atoms with van der Waals surface area (Å²) in [5.74, 6) is 2.97. The van der Waals surface area contributed by atoms with Gasteiger partial charge in [-0.05, 0) is 112 Å². The van der Waals surface area contributed by atoms with Crippen molar-refractivity contribution in [2.24, 2.45) is 40.4 Å². The van der Waals surface area contributed by atoms with Gasteiger partial charge in [-0.25, -0.2) is 0 Å². The molecule has 0 saturated heterocycles. The Morgan fingerprint density at radius 1 is 1.13 bits per heavy atom. The third-order valence-electron chi connectivity index (χ3n) is 10.5. The first-order valence-electron chi connectivity index (χ1n) is 12.8. The van der Waals surface area contributed by atoms with Crippen molar-refractivity contribution < 1.29 is 15.3 Å². The van der Waals surface area contributed by atoms with Gasteiger partial charge in [0.25, 0.3) is 0 Å². The Bertz CT molecular complexity index is 654. The Labute approximate surface area is 184 Å². The number of aliphatic hydroxyl groups excluding tert-OH is 2. The molecule has 0 aromatic rings. The maximum Gasteiger partial charge on any atom is 0.0653 e. The summed E-state index contributed by atoms with van der Waals surface area (Å²) >= 11 is 0. The van der Waals surface area contributed by atoms with Crippen molar-refractivity contribution in [2.75, 3.05) is 6.61 Å². The second-order valence-corrected chi connectivity index (χ2v) is 12.4. The fraction of sp³-hybridized carbons (Fsp3) is 0.926. The van der Waals surface area contributed by atoms with Gasteiger partial charge >= 0.3 is 0 Å². The zero-order valence-corrected chi connectivity index (χ0v) is 19.9. The van der Waals surface area contributed by atoms with Crippen LogP contribution in [-0.2, 0) is 0 Å². The van der Waals surface area contributed by atoms with Crippen molar-refractivity contribution in [3.63, 3.8) is 0 Å². The number of hydrogen-bond acceptors (Lipinski definition) is 3. The SMILES string of the molecule is CC(CO)CCC[C@](C)(O)C1CCC2C3CC=C4C[C@@H](O)CC[C@]4(C)C3CC[C@@]21C. The lowest BCUT2D eigenvalue weighted by Gasteiger charge is -2.59. The first-order chi connectivity index (χ1) is 14.1. The molecular weight excluding hydrogens is 372 g/mol. The second-order valence-electron chi connectivity index (χ2n) is 12.4. The van der Waals surface area contributed by atoms with E-state index in [9.17, 15) is 15.3 Å². The second kappa shape index (κ2) is 8.19. The minimum atomic E-state index is -0.597. The normalized spacial score (nSPS) is 46.2. The molecule has 0 aromatic carbocycles. The average molecular weight is 419 g/mol. The Morgan fingerprint density at radius 3 is 2.63 bits per heavy atom. The fourth-order valence-corrected chi connectivity index (χ4v) is 8.74. The van der Waals surface area contributed by atoms with E-state index in [2.05, 4.69) is 33.8 Å². The van der Waals surface area contributed by atoms with Crippen LogP contribution in [0.25, 0.3) is 0 Å². The van der Waals surface area contributed by atoms with E-state index in [-0.39, 0.29) is 18.1 Å². The van der Waals surface area contributed by atoms with E-state index >= 15 is 0 Å². The molecule has 3 nitrogen and oxygen atoms in total. The lowest BCUT2D eigenvalue weighted by molar-refractivity contribution is -0.105. The molecule has 0 aliphatic heterocycles. The fourth-order valence-electron chi connectivity index (χ4n) is 8.74. The maximum absolute atomic E-state index is 11.6. The molecule has 3 heteroatoms. The standard InChI is InChI=1S/C27H46O3/c1-18(17-28)6-5-13-27(4,30)24-10-9-22-21-8-7-19-16-20(29)11-14-25(19,2)23(21)12-15-26(22,24)3/h7,18,20-24,28-30H,5-6,8-17H2,1-4H3/t18?,20-,21?,22?,23?,24?,25-,26-,27-/m0/s1. The first-order valence-corrected chi connectivity index (χ1v) is 12.8. The van der Waals surface area contributed by atoms with E-state index < -0.39 is 5.60 Å². The molecule has 0 bridgehead atoms. The molecule has 30 heavy (non-hydrogen) atoms. The molecule has 4 aliphatic rings. The third kappa shape index (κ3) is 3.71. The molecule has 5 unspecified atom stereocenters. The Hall–Kier alpha value is -0.380. The highest BCUT2D eigenvalue weighted by Gasteiger charge is 2.61. The first kappa shape index (κ1) is 22.8. The van der Waals surface area contributed by atoms with E-state index in [4.69, 9.17) is 0 Å². The molecule has 0 amide bonds. The van der Waals surface area contributed by atoms with Gasteiger partial charge in [0.15, 0.2) is 0 Å². The van der Waals surface area contributed by atoms with Crippen LogP contribution < -0.4 is 0 Å². The highest BCUT2D eigenvalue weighted by Crippen LogP contribution is 2.67. The van der Waals surface area contributed by atoms with E-state index in [0.29, 0.717) is 17.3 Å². The van der Waals surface area contributed by atoms with Gasteiger partial charge in [-0.3, -0.25) is 0 Å². The van der Waals surface area contributed by atoms with Gasteiger partial charge in [0.1, 0.15) is 0 Å². The molecule has 3 saturated carbocycles. The zero-order valence-electron chi connectivity index (χ0n) is 19.9. The van der Waals surface area contributed by atoms with Crippen LogP contribution in [0.3, 0.4) is 0 Å². The van der Waals surface area contributed by atoms with E-state index in [0.717, 1.165) is 56.3 Å². The predicted octanol–water partition coefficient (Wildman–Crippen LogP) is 5.48. The summed E-state index contributed by atoms with van der Waals surface area (Å²) in [6, 6.07) is 0. The largest absolute Gasteiger partial charge is 0.396 e. The van der Waals surface area contributed by atoms with Crippen molar-refractivity contribution >= 4 is 0 Å². The molecular formula is C27H46O3. The Morgan fingerprint density at radius 2 is 1.90 bits per heavy atom. The number of hydrogen-bond donors (Lipinski definition) is 3. The minimum absolute atomic E-state index is 0.130. The molecule has 172 valence electrons. The summed E-state index contributed by atoms with van der Waals surface area (Å²) < 4.78 is 0. The Balaban J connectivity index is 1.50. The van der Waals surface area contributed by atoms with Crippen molar-refractivity contribution in [3.05, 3.63) is 11.6 Å². The number of rotatable bonds is 6. The average Bonchev–Trinajstić information content (AvgIpc) is 3.06. The van der Waals surface area contributed by atoms with Crippen LogP contribution in [-0.4, -0.2) is 33.6 Å². The summed E-state index contributed by atoms with van der Waals surface area (Å²) in [4.78, 5) is 0. The van der Waals surface area contributed by atoms with Crippen molar-refractivity contribution in [3.8, 4) is 0 Å². The summed E-state index contributed by atoms with van der Waals surface area (Å²) in [6.07, 6.45) is 14.4. The molecule has 3 N–H and O–H groups in total. The van der Waals surface area contributed by atoms with Crippen LogP contribution in [0.2, 0.25) is 0 Å². The highest BCUT2D eigenvalue weighted by atomic mass is 16.3. The van der Waals surface area contributed by atoms with E-state index in [1.54, 1.807) is 5.57 Å².